The molecule has 1 aliphatic rings. The highest BCUT2D eigenvalue weighted by Gasteiger charge is 2.28. The van der Waals surface area contributed by atoms with Crippen LogP contribution in [0.4, 0.5) is 0 Å². The summed E-state index contributed by atoms with van der Waals surface area (Å²) in [5.74, 6) is -0.493. The van der Waals surface area contributed by atoms with Crippen molar-refractivity contribution in [1.82, 2.24) is 15.5 Å². The fourth-order valence-electron chi connectivity index (χ4n) is 2.92. The summed E-state index contributed by atoms with van der Waals surface area (Å²) < 4.78 is 0. The van der Waals surface area contributed by atoms with Crippen molar-refractivity contribution < 1.29 is 14.4 Å². The van der Waals surface area contributed by atoms with E-state index in [1.165, 1.54) is 0 Å². The number of likely N-dealkylation sites (N-methyl/N-ethyl adjacent to an activating group) is 1. The molecule has 1 fully saturated rings. The van der Waals surface area contributed by atoms with Gasteiger partial charge >= 0.3 is 0 Å². The lowest BCUT2D eigenvalue weighted by molar-refractivity contribution is -0.134. The lowest BCUT2D eigenvalue weighted by Crippen LogP contribution is -2.49. The number of carbonyl (C=O) groups is 3. The zero-order valence-electron chi connectivity index (χ0n) is 15.4. The molecule has 1 aromatic carbocycles. The Morgan fingerprint density at radius 2 is 1.85 bits per heavy atom. The number of rotatable bonds is 6. The first-order valence-electron chi connectivity index (χ1n) is 9.11. The predicted molar refractivity (Wildman–Crippen MR) is 101 cm³/mol. The minimum atomic E-state index is -0.545. The fraction of sp³-hybridized carbons (Fsp3) is 0.450. The van der Waals surface area contributed by atoms with Gasteiger partial charge in [-0.2, -0.15) is 0 Å². The maximum absolute atomic E-state index is 12.3. The predicted octanol–water partition coefficient (Wildman–Crippen LogP) is 1.58. The summed E-state index contributed by atoms with van der Waals surface area (Å²) in [6, 6.07) is 9.12. The number of piperidine rings is 1. The van der Waals surface area contributed by atoms with Gasteiger partial charge in [-0.15, -0.1) is 0 Å². The van der Waals surface area contributed by atoms with Crippen LogP contribution >= 0.6 is 0 Å². The first-order chi connectivity index (χ1) is 12.5. The fourth-order valence-corrected chi connectivity index (χ4v) is 2.92. The molecule has 1 atom stereocenters. The molecule has 1 aromatic rings. The lowest BCUT2D eigenvalue weighted by Gasteiger charge is -2.31. The largest absolute Gasteiger partial charge is 0.355 e. The second-order valence-corrected chi connectivity index (χ2v) is 6.47. The van der Waals surface area contributed by atoms with Gasteiger partial charge in [-0.05, 0) is 38.3 Å². The monoisotopic (exact) mass is 357 g/mol. The molecule has 1 aliphatic heterocycles. The summed E-state index contributed by atoms with van der Waals surface area (Å²) in [6.45, 7) is 5.15. The summed E-state index contributed by atoms with van der Waals surface area (Å²) in [5, 5.41) is 5.45. The van der Waals surface area contributed by atoms with Crippen LogP contribution in [0.15, 0.2) is 36.4 Å². The van der Waals surface area contributed by atoms with E-state index < -0.39 is 6.04 Å². The standard InChI is InChI=1S/C20H27N3O3/c1-3-21-19(25)15(2)22-20(26)17-11-13-23(14-12-17)18(24)10-9-16-7-5-4-6-8-16/h4-10,15,17H,3,11-14H2,1-2H3,(H,21,25)(H,22,26)/b10-9+. The zero-order chi connectivity index (χ0) is 18.9. The number of hydrogen-bond acceptors (Lipinski definition) is 3. The lowest BCUT2D eigenvalue weighted by atomic mass is 9.95. The van der Waals surface area contributed by atoms with Gasteiger partial charge in [0.2, 0.25) is 17.7 Å². The highest BCUT2D eigenvalue weighted by molar-refractivity contribution is 5.92. The Morgan fingerprint density at radius 3 is 2.46 bits per heavy atom. The van der Waals surface area contributed by atoms with Crippen molar-refractivity contribution in [2.45, 2.75) is 32.7 Å². The van der Waals surface area contributed by atoms with Crippen LogP contribution in [0.1, 0.15) is 32.3 Å². The number of likely N-dealkylation sites (tertiary alicyclic amines) is 1. The summed E-state index contributed by atoms with van der Waals surface area (Å²) >= 11 is 0. The molecule has 2 N–H and O–H groups in total. The topological polar surface area (TPSA) is 78.5 Å². The minimum absolute atomic E-state index is 0.0385. The van der Waals surface area contributed by atoms with Crippen LogP contribution in [0.2, 0.25) is 0 Å². The van der Waals surface area contributed by atoms with Crippen molar-refractivity contribution in [3.63, 3.8) is 0 Å². The van der Waals surface area contributed by atoms with Gasteiger partial charge in [0, 0.05) is 31.6 Å². The Labute approximate surface area is 154 Å². The van der Waals surface area contributed by atoms with Crippen molar-refractivity contribution in [2.24, 2.45) is 5.92 Å². The maximum Gasteiger partial charge on any atom is 0.246 e. The van der Waals surface area contributed by atoms with Gasteiger partial charge in [-0.3, -0.25) is 14.4 Å². The van der Waals surface area contributed by atoms with Gasteiger partial charge in [0.25, 0.3) is 0 Å². The van der Waals surface area contributed by atoms with E-state index in [9.17, 15) is 14.4 Å². The van der Waals surface area contributed by atoms with E-state index in [-0.39, 0.29) is 23.6 Å². The molecule has 2 rings (SSSR count). The Hall–Kier alpha value is -2.63. The van der Waals surface area contributed by atoms with Crippen LogP contribution in [0, 0.1) is 5.92 Å². The van der Waals surface area contributed by atoms with E-state index in [0.717, 1.165) is 5.56 Å². The van der Waals surface area contributed by atoms with Crippen LogP contribution in [0.5, 0.6) is 0 Å². The Morgan fingerprint density at radius 1 is 1.19 bits per heavy atom. The van der Waals surface area contributed by atoms with Crippen LogP contribution in [0.3, 0.4) is 0 Å². The Balaban J connectivity index is 1.79. The summed E-state index contributed by atoms with van der Waals surface area (Å²) in [5.41, 5.74) is 0.981. The van der Waals surface area contributed by atoms with E-state index in [1.54, 1.807) is 24.0 Å². The van der Waals surface area contributed by atoms with Gasteiger partial charge in [0.15, 0.2) is 0 Å². The Bertz CT molecular complexity index is 650. The third kappa shape index (κ3) is 5.72. The molecule has 6 nitrogen and oxygen atoms in total. The first kappa shape index (κ1) is 19.7. The SMILES string of the molecule is CCNC(=O)C(C)NC(=O)C1CCN(C(=O)/C=C/c2ccccc2)CC1. The van der Waals surface area contributed by atoms with Crippen molar-refractivity contribution >= 4 is 23.8 Å². The highest BCUT2D eigenvalue weighted by atomic mass is 16.2. The zero-order valence-corrected chi connectivity index (χ0v) is 15.4. The van der Waals surface area contributed by atoms with Crippen molar-refractivity contribution in [2.75, 3.05) is 19.6 Å². The molecule has 140 valence electrons. The van der Waals surface area contributed by atoms with Crippen molar-refractivity contribution in [1.29, 1.82) is 0 Å². The molecular formula is C20H27N3O3. The molecule has 0 saturated carbocycles. The van der Waals surface area contributed by atoms with E-state index in [2.05, 4.69) is 10.6 Å². The molecule has 1 saturated heterocycles. The molecule has 0 bridgehead atoms. The molecular weight excluding hydrogens is 330 g/mol. The second-order valence-electron chi connectivity index (χ2n) is 6.47. The molecule has 3 amide bonds. The van der Waals surface area contributed by atoms with Crippen LogP contribution < -0.4 is 10.6 Å². The van der Waals surface area contributed by atoms with Crippen LogP contribution in [0.25, 0.3) is 6.08 Å². The minimum Gasteiger partial charge on any atom is -0.355 e. The maximum atomic E-state index is 12.3. The van der Waals surface area contributed by atoms with Crippen molar-refractivity contribution in [3.05, 3.63) is 42.0 Å². The quantitative estimate of drug-likeness (QED) is 0.759. The number of amides is 3. The third-order valence-electron chi connectivity index (χ3n) is 4.50. The summed E-state index contributed by atoms with van der Waals surface area (Å²) in [4.78, 5) is 38.0. The van der Waals surface area contributed by atoms with E-state index in [0.29, 0.717) is 32.5 Å². The van der Waals surface area contributed by atoms with Gasteiger partial charge in [0.1, 0.15) is 6.04 Å². The molecule has 0 radical (unpaired) electrons. The molecule has 26 heavy (non-hydrogen) atoms. The Kier molecular flexibility index (Phi) is 7.38. The first-order valence-corrected chi connectivity index (χ1v) is 9.11. The second kappa shape index (κ2) is 9.75. The molecule has 1 heterocycles. The average Bonchev–Trinajstić information content (AvgIpc) is 2.67. The number of benzene rings is 1. The highest BCUT2D eigenvalue weighted by Crippen LogP contribution is 2.18. The smallest absolute Gasteiger partial charge is 0.246 e. The molecule has 1 unspecified atom stereocenters. The van der Waals surface area contributed by atoms with E-state index in [4.69, 9.17) is 0 Å². The molecule has 0 aliphatic carbocycles. The summed E-state index contributed by atoms with van der Waals surface area (Å²) in [6.07, 6.45) is 4.60. The van der Waals surface area contributed by atoms with E-state index in [1.807, 2.05) is 37.3 Å². The molecule has 6 heteroatoms. The number of nitrogens with zero attached hydrogens (tertiary/aromatic N) is 1. The number of nitrogens with one attached hydrogen (secondary N) is 2. The molecule has 0 aromatic heterocycles. The van der Waals surface area contributed by atoms with E-state index >= 15 is 0 Å². The third-order valence-corrected chi connectivity index (χ3v) is 4.50. The van der Waals surface area contributed by atoms with Gasteiger partial charge in [-0.25, -0.2) is 0 Å². The number of carbonyl (C=O) groups excluding carboxylic acids is 3. The molecule has 0 spiro atoms. The van der Waals surface area contributed by atoms with Crippen LogP contribution in [-0.2, 0) is 14.4 Å². The van der Waals surface area contributed by atoms with Gasteiger partial charge in [-0.1, -0.05) is 30.3 Å². The van der Waals surface area contributed by atoms with Gasteiger partial charge < -0.3 is 15.5 Å². The number of hydrogen-bond donors (Lipinski definition) is 2. The van der Waals surface area contributed by atoms with Crippen molar-refractivity contribution in [3.8, 4) is 0 Å². The average molecular weight is 357 g/mol. The summed E-state index contributed by atoms with van der Waals surface area (Å²) in [7, 11) is 0. The normalized spacial score (nSPS) is 16.3. The van der Waals surface area contributed by atoms with Gasteiger partial charge in [0.05, 0.1) is 0 Å². The van der Waals surface area contributed by atoms with Crippen LogP contribution in [-0.4, -0.2) is 48.3 Å².